The Labute approximate surface area is 177 Å². The van der Waals surface area contributed by atoms with Gasteiger partial charge in [-0.3, -0.25) is 0 Å². The summed E-state index contributed by atoms with van der Waals surface area (Å²) in [6, 6.07) is 9.13. The number of sulfonamides is 1. The maximum Gasteiger partial charge on any atom is 0.339 e. The highest BCUT2D eigenvalue weighted by Gasteiger charge is 2.18. The number of thioether (sulfide) groups is 1. The van der Waals surface area contributed by atoms with Gasteiger partial charge in [-0.05, 0) is 35.9 Å². The third kappa shape index (κ3) is 6.01. The van der Waals surface area contributed by atoms with Crippen LogP contribution in [0.25, 0.3) is 0 Å². The van der Waals surface area contributed by atoms with E-state index in [9.17, 15) is 13.2 Å². The largest absolute Gasteiger partial charge is 0.465 e. The second-order valence-corrected chi connectivity index (χ2v) is 9.38. The zero-order valence-electron chi connectivity index (χ0n) is 14.2. The van der Waals surface area contributed by atoms with Gasteiger partial charge in [0.1, 0.15) is 0 Å². The maximum absolute atomic E-state index is 12.4. The molecule has 0 bridgehead atoms. The van der Waals surface area contributed by atoms with Gasteiger partial charge in [-0.1, -0.05) is 40.9 Å². The molecule has 146 valence electrons. The molecule has 0 radical (unpaired) electrons. The van der Waals surface area contributed by atoms with E-state index >= 15 is 0 Å². The number of ether oxygens (including phenoxy) is 1. The minimum Gasteiger partial charge on any atom is -0.465 e. The Kier molecular flexibility index (Phi) is 8.27. The number of hydrogen-bond acceptors (Lipinski definition) is 5. The lowest BCUT2D eigenvalue weighted by Gasteiger charge is -2.10. The number of halogens is 3. The minimum atomic E-state index is -3.78. The summed E-state index contributed by atoms with van der Waals surface area (Å²) in [5, 5.41) is 1.27. The molecule has 0 saturated carbocycles. The van der Waals surface area contributed by atoms with Crippen LogP contribution in [0.15, 0.2) is 41.3 Å². The summed E-state index contributed by atoms with van der Waals surface area (Å²) in [6.45, 7) is 0.200. The SMILES string of the molecule is COC(=O)c1cc(S(=O)(=O)NCCSCc2c(Cl)cccc2Cl)ccc1Cl. The second-order valence-electron chi connectivity index (χ2n) is 5.28. The quantitative estimate of drug-likeness (QED) is 0.451. The molecule has 0 aliphatic heterocycles. The fourth-order valence-electron chi connectivity index (χ4n) is 2.11. The molecule has 1 N–H and O–H groups in total. The van der Waals surface area contributed by atoms with Gasteiger partial charge >= 0.3 is 5.97 Å². The molecule has 2 aromatic rings. The molecule has 0 aromatic heterocycles. The minimum absolute atomic E-state index is 0.00946. The molecular weight excluding hydrogens is 453 g/mol. The molecule has 0 unspecified atom stereocenters. The first-order valence-electron chi connectivity index (χ1n) is 7.64. The van der Waals surface area contributed by atoms with E-state index in [4.69, 9.17) is 34.8 Å². The van der Waals surface area contributed by atoms with Crippen LogP contribution in [0, 0.1) is 0 Å². The predicted octanol–water partition coefficient (Wildman–Crippen LogP) is 4.65. The number of nitrogens with one attached hydrogen (secondary N) is 1. The Bertz CT molecular complexity index is 916. The summed E-state index contributed by atoms with van der Waals surface area (Å²) < 4.78 is 31.9. The lowest BCUT2D eigenvalue weighted by molar-refractivity contribution is 0.0600. The number of rotatable bonds is 8. The zero-order chi connectivity index (χ0) is 20.0. The van der Waals surface area contributed by atoms with Crippen LogP contribution in [0.5, 0.6) is 0 Å². The van der Waals surface area contributed by atoms with Crippen LogP contribution in [0.1, 0.15) is 15.9 Å². The van der Waals surface area contributed by atoms with Crippen molar-refractivity contribution in [1.82, 2.24) is 4.72 Å². The van der Waals surface area contributed by atoms with Crippen LogP contribution >= 0.6 is 46.6 Å². The van der Waals surface area contributed by atoms with Crippen LogP contribution in [0.3, 0.4) is 0 Å². The van der Waals surface area contributed by atoms with Crippen molar-refractivity contribution in [2.24, 2.45) is 0 Å². The van der Waals surface area contributed by atoms with Crippen LogP contribution in [0.4, 0.5) is 0 Å². The van der Waals surface area contributed by atoms with E-state index in [1.165, 1.54) is 37.1 Å². The predicted molar refractivity (Wildman–Crippen MR) is 111 cm³/mol. The highest BCUT2D eigenvalue weighted by Crippen LogP contribution is 2.28. The molecule has 0 amide bonds. The second kappa shape index (κ2) is 10.0. The summed E-state index contributed by atoms with van der Waals surface area (Å²) in [4.78, 5) is 11.6. The molecule has 0 saturated heterocycles. The highest BCUT2D eigenvalue weighted by atomic mass is 35.5. The lowest BCUT2D eigenvalue weighted by atomic mass is 10.2. The van der Waals surface area contributed by atoms with Crippen molar-refractivity contribution in [3.8, 4) is 0 Å². The van der Waals surface area contributed by atoms with E-state index < -0.39 is 16.0 Å². The number of methoxy groups -OCH3 is 1. The number of carbonyl (C=O) groups excluding carboxylic acids is 1. The first kappa shape index (κ1) is 22.3. The maximum atomic E-state index is 12.4. The van der Waals surface area contributed by atoms with Gasteiger partial charge in [-0.15, -0.1) is 0 Å². The van der Waals surface area contributed by atoms with Crippen molar-refractivity contribution in [2.45, 2.75) is 10.6 Å². The normalized spacial score (nSPS) is 11.4. The Morgan fingerprint density at radius 2 is 1.78 bits per heavy atom. The van der Waals surface area contributed by atoms with Crippen LogP contribution in [0.2, 0.25) is 15.1 Å². The van der Waals surface area contributed by atoms with Crippen molar-refractivity contribution >= 4 is 62.6 Å². The highest BCUT2D eigenvalue weighted by molar-refractivity contribution is 7.98. The van der Waals surface area contributed by atoms with E-state index in [2.05, 4.69) is 9.46 Å². The van der Waals surface area contributed by atoms with Gasteiger partial charge in [-0.25, -0.2) is 17.9 Å². The molecule has 0 fully saturated rings. The smallest absolute Gasteiger partial charge is 0.339 e. The van der Waals surface area contributed by atoms with Gasteiger partial charge in [0.2, 0.25) is 10.0 Å². The van der Waals surface area contributed by atoms with Gasteiger partial charge in [0.05, 0.1) is 22.6 Å². The Hall–Kier alpha value is -0.960. The monoisotopic (exact) mass is 467 g/mol. The molecule has 0 atom stereocenters. The first-order valence-corrected chi connectivity index (χ1v) is 11.4. The van der Waals surface area contributed by atoms with Crippen molar-refractivity contribution in [2.75, 3.05) is 19.4 Å². The third-order valence-electron chi connectivity index (χ3n) is 3.50. The average molecular weight is 469 g/mol. The van der Waals surface area contributed by atoms with Gasteiger partial charge in [0.15, 0.2) is 0 Å². The third-order valence-corrected chi connectivity index (χ3v) is 6.98. The number of carbonyl (C=O) groups is 1. The summed E-state index contributed by atoms with van der Waals surface area (Å²) in [6.07, 6.45) is 0. The molecule has 10 heteroatoms. The van der Waals surface area contributed by atoms with Gasteiger partial charge in [0.25, 0.3) is 0 Å². The zero-order valence-corrected chi connectivity index (χ0v) is 18.1. The number of hydrogen-bond donors (Lipinski definition) is 1. The Morgan fingerprint density at radius 3 is 2.41 bits per heavy atom. The van der Waals surface area contributed by atoms with Crippen LogP contribution in [-0.2, 0) is 20.5 Å². The molecule has 0 aliphatic carbocycles. The van der Waals surface area contributed by atoms with Crippen LogP contribution in [-0.4, -0.2) is 33.8 Å². The molecule has 0 aliphatic rings. The fraction of sp³-hybridized carbons (Fsp3) is 0.235. The Morgan fingerprint density at radius 1 is 1.11 bits per heavy atom. The molecule has 0 spiro atoms. The lowest BCUT2D eigenvalue weighted by Crippen LogP contribution is -2.26. The van der Waals surface area contributed by atoms with Gasteiger partial charge in [-0.2, -0.15) is 11.8 Å². The van der Waals surface area contributed by atoms with Gasteiger partial charge in [0, 0.05) is 28.1 Å². The van der Waals surface area contributed by atoms with Crippen molar-refractivity contribution < 1.29 is 17.9 Å². The number of benzene rings is 2. The average Bonchev–Trinajstić information content (AvgIpc) is 2.63. The molecular formula is C17H16Cl3NO4S2. The summed E-state index contributed by atoms with van der Waals surface area (Å²) >= 11 is 19.6. The van der Waals surface area contributed by atoms with Crippen molar-refractivity contribution in [1.29, 1.82) is 0 Å². The molecule has 5 nitrogen and oxygen atoms in total. The standard InChI is InChI=1S/C17H16Cl3NO4S2/c1-25-17(22)12-9-11(5-6-16(12)20)27(23,24)21-7-8-26-10-13-14(18)3-2-4-15(13)19/h2-6,9,21H,7-8,10H2,1H3. The molecule has 2 aromatic carbocycles. The van der Waals surface area contributed by atoms with E-state index in [1.807, 2.05) is 0 Å². The Balaban J connectivity index is 1.94. The fourth-order valence-corrected chi connectivity index (χ4v) is 5.09. The topological polar surface area (TPSA) is 72.5 Å². The van der Waals surface area contributed by atoms with E-state index in [0.29, 0.717) is 21.6 Å². The van der Waals surface area contributed by atoms with Gasteiger partial charge < -0.3 is 4.74 Å². The van der Waals surface area contributed by atoms with Crippen LogP contribution < -0.4 is 4.72 Å². The summed E-state index contributed by atoms with van der Waals surface area (Å²) in [5.74, 6) is 0.371. The summed E-state index contributed by atoms with van der Waals surface area (Å²) in [7, 11) is -2.59. The number of esters is 1. The van der Waals surface area contributed by atoms with E-state index in [-0.39, 0.29) is 22.0 Å². The summed E-state index contributed by atoms with van der Waals surface area (Å²) in [5.41, 5.74) is 0.805. The van der Waals surface area contributed by atoms with Crippen molar-refractivity contribution in [3.63, 3.8) is 0 Å². The van der Waals surface area contributed by atoms with Crippen molar-refractivity contribution in [3.05, 3.63) is 62.6 Å². The first-order chi connectivity index (χ1) is 12.8. The molecule has 0 heterocycles. The van der Waals surface area contributed by atoms with E-state index in [0.717, 1.165) is 5.56 Å². The molecule has 2 rings (SSSR count). The van der Waals surface area contributed by atoms with E-state index in [1.54, 1.807) is 18.2 Å². The molecule has 27 heavy (non-hydrogen) atoms.